The summed E-state index contributed by atoms with van der Waals surface area (Å²) in [5.74, 6) is 0.411. The molecule has 1 rings (SSSR count). The van der Waals surface area contributed by atoms with Crippen LogP contribution in [-0.2, 0) is 7.05 Å². The van der Waals surface area contributed by atoms with Crippen LogP contribution in [0.5, 0.6) is 0 Å². The fraction of sp³-hybridized carbons (Fsp3) is 0.400. The Morgan fingerprint density at radius 3 is 2.60 bits per heavy atom. The van der Waals surface area contributed by atoms with Crippen LogP contribution >= 0.6 is 0 Å². The van der Waals surface area contributed by atoms with E-state index in [0.29, 0.717) is 5.82 Å². The van der Waals surface area contributed by atoms with E-state index in [1.165, 1.54) is 4.57 Å². The molecule has 5 heteroatoms. The smallest absolute Gasteiger partial charge is 0.285 e. The highest BCUT2D eigenvalue weighted by Gasteiger charge is 1.95. The van der Waals surface area contributed by atoms with E-state index in [-0.39, 0.29) is 0 Å². The lowest BCUT2D eigenvalue weighted by Crippen LogP contribution is -2.31. The first-order valence-electron chi connectivity index (χ1n) is 2.75. The molecule has 5 nitrogen and oxygen atoms in total. The molecular formula is C5H7N3O2. The Morgan fingerprint density at radius 2 is 2.10 bits per heavy atom. The summed E-state index contributed by atoms with van der Waals surface area (Å²) in [6.07, 6.45) is 0. The van der Waals surface area contributed by atoms with Gasteiger partial charge in [0.1, 0.15) is 5.82 Å². The molecule has 0 aliphatic rings. The van der Waals surface area contributed by atoms with Crippen molar-refractivity contribution in [2.45, 2.75) is 6.92 Å². The van der Waals surface area contributed by atoms with Crippen LogP contribution in [0.3, 0.4) is 0 Å². The molecule has 1 aromatic heterocycles. The number of H-pyrrole nitrogens is 1. The lowest BCUT2D eigenvalue weighted by molar-refractivity contribution is 0.712. The van der Waals surface area contributed by atoms with Gasteiger partial charge in [-0.25, -0.2) is 9.59 Å². The predicted octanol–water partition coefficient (Wildman–Crippen LogP) is -1.22. The fourth-order valence-corrected chi connectivity index (χ4v) is 0.572. The SMILES string of the molecule is Cc1nc(=O)[nH]c(=O)n1C. The molecule has 0 saturated carbocycles. The normalized spacial score (nSPS) is 9.80. The molecule has 10 heavy (non-hydrogen) atoms. The van der Waals surface area contributed by atoms with Gasteiger partial charge in [0.25, 0.3) is 0 Å². The second kappa shape index (κ2) is 2.09. The maximum absolute atomic E-state index is 10.7. The van der Waals surface area contributed by atoms with E-state index in [1.54, 1.807) is 14.0 Å². The topological polar surface area (TPSA) is 67.8 Å². The van der Waals surface area contributed by atoms with Crippen molar-refractivity contribution in [3.8, 4) is 0 Å². The molecular weight excluding hydrogens is 134 g/mol. The summed E-state index contributed by atoms with van der Waals surface area (Å²) in [7, 11) is 1.54. The van der Waals surface area contributed by atoms with Crippen LogP contribution < -0.4 is 11.4 Å². The number of nitrogens with one attached hydrogen (secondary N) is 1. The van der Waals surface area contributed by atoms with Gasteiger partial charge in [-0.05, 0) is 6.92 Å². The summed E-state index contributed by atoms with van der Waals surface area (Å²) in [6.45, 7) is 1.59. The van der Waals surface area contributed by atoms with Gasteiger partial charge in [0.05, 0.1) is 0 Å². The van der Waals surface area contributed by atoms with E-state index in [4.69, 9.17) is 0 Å². The van der Waals surface area contributed by atoms with Gasteiger partial charge in [0.15, 0.2) is 0 Å². The van der Waals surface area contributed by atoms with Crippen molar-refractivity contribution in [1.82, 2.24) is 14.5 Å². The molecule has 0 fully saturated rings. The van der Waals surface area contributed by atoms with Crippen molar-refractivity contribution >= 4 is 0 Å². The Morgan fingerprint density at radius 1 is 1.50 bits per heavy atom. The van der Waals surface area contributed by atoms with Crippen molar-refractivity contribution in [2.24, 2.45) is 7.05 Å². The summed E-state index contributed by atoms with van der Waals surface area (Å²) in [5, 5.41) is 0. The second-order valence-electron chi connectivity index (χ2n) is 1.95. The average molecular weight is 141 g/mol. The van der Waals surface area contributed by atoms with Gasteiger partial charge >= 0.3 is 11.4 Å². The van der Waals surface area contributed by atoms with E-state index < -0.39 is 11.4 Å². The Hall–Kier alpha value is -1.39. The van der Waals surface area contributed by atoms with Gasteiger partial charge in [-0.3, -0.25) is 9.55 Å². The maximum atomic E-state index is 10.7. The molecule has 0 unspecified atom stereocenters. The standard InChI is InChI=1S/C5H7N3O2/c1-3-6-4(9)7-5(10)8(3)2/h1-2H3,(H,7,9,10). The van der Waals surface area contributed by atoms with Crippen LogP contribution in [-0.4, -0.2) is 14.5 Å². The molecule has 0 aromatic carbocycles. The Balaban J connectivity index is 3.62. The zero-order chi connectivity index (χ0) is 7.72. The highest BCUT2D eigenvalue weighted by atomic mass is 16.2. The van der Waals surface area contributed by atoms with Crippen molar-refractivity contribution in [3.63, 3.8) is 0 Å². The number of nitrogens with zero attached hydrogens (tertiary/aromatic N) is 2. The number of hydrogen-bond donors (Lipinski definition) is 1. The minimum absolute atomic E-state index is 0.411. The first-order valence-corrected chi connectivity index (χ1v) is 2.75. The Labute approximate surface area is 56.4 Å². The quantitative estimate of drug-likeness (QED) is 0.492. The minimum atomic E-state index is -0.597. The molecule has 0 aliphatic heterocycles. The van der Waals surface area contributed by atoms with E-state index in [0.717, 1.165) is 0 Å². The van der Waals surface area contributed by atoms with Crippen LogP contribution in [0.15, 0.2) is 9.59 Å². The summed E-state index contributed by atoms with van der Waals surface area (Å²) < 4.78 is 1.27. The van der Waals surface area contributed by atoms with Crippen LogP contribution in [0.25, 0.3) is 0 Å². The first-order chi connectivity index (χ1) is 4.61. The van der Waals surface area contributed by atoms with E-state index in [9.17, 15) is 9.59 Å². The molecule has 0 bridgehead atoms. The Bertz CT molecular complexity index is 349. The number of aryl methyl sites for hydroxylation is 1. The third-order valence-electron chi connectivity index (χ3n) is 1.27. The number of aromatic amines is 1. The lowest BCUT2D eigenvalue weighted by atomic mass is 10.7. The predicted molar refractivity (Wildman–Crippen MR) is 34.8 cm³/mol. The molecule has 0 atom stereocenters. The zero-order valence-corrected chi connectivity index (χ0v) is 5.71. The third-order valence-corrected chi connectivity index (χ3v) is 1.27. The monoisotopic (exact) mass is 141 g/mol. The fourth-order valence-electron chi connectivity index (χ4n) is 0.572. The van der Waals surface area contributed by atoms with Crippen molar-refractivity contribution in [1.29, 1.82) is 0 Å². The Kier molecular flexibility index (Phi) is 1.41. The van der Waals surface area contributed by atoms with Crippen LogP contribution in [0.2, 0.25) is 0 Å². The van der Waals surface area contributed by atoms with Gasteiger partial charge in [-0.15, -0.1) is 0 Å². The van der Waals surface area contributed by atoms with Crippen molar-refractivity contribution in [3.05, 3.63) is 26.8 Å². The summed E-state index contributed by atoms with van der Waals surface area (Å²) >= 11 is 0. The third kappa shape index (κ3) is 0.975. The maximum Gasteiger partial charge on any atom is 0.350 e. The molecule has 0 radical (unpaired) electrons. The zero-order valence-electron chi connectivity index (χ0n) is 5.71. The van der Waals surface area contributed by atoms with Gasteiger partial charge in [-0.1, -0.05) is 0 Å². The highest BCUT2D eigenvalue weighted by Crippen LogP contribution is 1.74. The van der Waals surface area contributed by atoms with Crippen LogP contribution in [0, 0.1) is 6.92 Å². The van der Waals surface area contributed by atoms with Crippen LogP contribution in [0.4, 0.5) is 0 Å². The van der Waals surface area contributed by atoms with E-state index in [2.05, 4.69) is 4.98 Å². The van der Waals surface area contributed by atoms with Crippen LogP contribution in [0.1, 0.15) is 5.82 Å². The molecule has 54 valence electrons. The van der Waals surface area contributed by atoms with Crippen molar-refractivity contribution < 1.29 is 0 Å². The molecule has 1 aromatic rings. The number of hydrogen-bond acceptors (Lipinski definition) is 3. The van der Waals surface area contributed by atoms with Gasteiger partial charge in [-0.2, -0.15) is 4.98 Å². The summed E-state index contributed by atoms with van der Waals surface area (Å²) in [6, 6.07) is 0. The molecule has 0 aliphatic carbocycles. The summed E-state index contributed by atoms with van der Waals surface area (Å²) in [5.41, 5.74) is -1.03. The largest absolute Gasteiger partial charge is 0.350 e. The number of rotatable bonds is 0. The van der Waals surface area contributed by atoms with E-state index in [1.807, 2.05) is 4.98 Å². The van der Waals surface area contributed by atoms with Crippen molar-refractivity contribution in [2.75, 3.05) is 0 Å². The van der Waals surface area contributed by atoms with Gasteiger partial charge < -0.3 is 0 Å². The molecule has 0 spiro atoms. The lowest BCUT2D eigenvalue weighted by Gasteiger charge is -1.96. The van der Waals surface area contributed by atoms with E-state index >= 15 is 0 Å². The molecule has 0 amide bonds. The highest BCUT2D eigenvalue weighted by molar-refractivity contribution is 4.80. The molecule has 1 heterocycles. The van der Waals surface area contributed by atoms with Gasteiger partial charge in [0.2, 0.25) is 0 Å². The first kappa shape index (κ1) is 6.73. The molecule has 1 N–H and O–H groups in total. The van der Waals surface area contributed by atoms with Gasteiger partial charge in [0, 0.05) is 7.05 Å². The average Bonchev–Trinajstić information content (AvgIpc) is 1.82. The molecule has 0 saturated heterocycles. The summed E-state index contributed by atoms with van der Waals surface area (Å²) in [4.78, 5) is 26.7. The minimum Gasteiger partial charge on any atom is -0.285 e. The second-order valence-corrected chi connectivity index (χ2v) is 1.95. The number of aromatic nitrogens is 3.